The second-order valence-corrected chi connectivity index (χ2v) is 7.39. The molecule has 11 heteroatoms. The highest BCUT2D eigenvalue weighted by Gasteiger charge is 2.44. The minimum absolute atomic E-state index is 0.106. The Kier molecular flexibility index (Phi) is 5.49. The summed E-state index contributed by atoms with van der Waals surface area (Å²) in [5.74, 6) is 0.791. The fourth-order valence-electron chi connectivity index (χ4n) is 3.86. The molecule has 2 unspecified atom stereocenters. The van der Waals surface area contributed by atoms with Crippen LogP contribution in [-0.4, -0.2) is 66.3 Å². The van der Waals surface area contributed by atoms with Gasteiger partial charge in [0.1, 0.15) is 23.8 Å². The number of nitrogens with two attached hydrogens (primary N) is 1. The van der Waals surface area contributed by atoms with Crippen molar-refractivity contribution >= 4 is 22.9 Å². The molecule has 2 fully saturated rings. The Morgan fingerprint density at radius 3 is 2.68 bits per heavy atom. The summed E-state index contributed by atoms with van der Waals surface area (Å²) >= 11 is 0. The number of aliphatic hydroxyl groups is 3. The van der Waals surface area contributed by atoms with Crippen molar-refractivity contribution in [3.05, 3.63) is 6.33 Å². The molecule has 2 aromatic heterocycles. The highest BCUT2D eigenvalue weighted by Crippen LogP contribution is 2.32. The summed E-state index contributed by atoms with van der Waals surface area (Å²) < 4.78 is 7.00. The average Bonchev–Trinajstić information content (AvgIpc) is 3.24. The third kappa shape index (κ3) is 3.58. The summed E-state index contributed by atoms with van der Waals surface area (Å²) in [4.78, 5) is 12.6. The van der Waals surface area contributed by atoms with E-state index in [4.69, 9.17) is 10.5 Å². The van der Waals surface area contributed by atoms with E-state index in [9.17, 15) is 15.3 Å². The van der Waals surface area contributed by atoms with Crippen LogP contribution >= 0.6 is 0 Å². The molecule has 5 N–H and O–H groups in total. The highest BCUT2D eigenvalue weighted by molar-refractivity contribution is 5.82. The maximum atomic E-state index is 10.3. The van der Waals surface area contributed by atoms with Crippen LogP contribution in [0.25, 0.3) is 11.2 Å². The zero-order valence-electron chi connectivity index (χ0n) is 15.4. The Balaban J connectivity index is 1.58. The third-order valence-electron chi connectivity index (χ3n) is 5.45. The van der Waals surface area contributed by atoms with Crippen LogP contribution in [0.2, 0.25) is 0 Å². The summed E-state index contributed by atoms with van der Waals surface area (Å²) in [6, 6.07) is 0. The van der Waals surface area contributed by atoms with E-state index in [-0.39, 0.29) is 11.8 Å². The Bertz CT molecular complexity index is 851. The predicted molar refractivity (Wildman–Crippen MR) is 98.7 cm³/mol. The molecule has 4 atom stereocenters. The van der Waals surface area contributed by atoms with Crippen molar-refractivity contribution in [1.29, 1.82) is 0 Å². The van der Waals surface area contributed by atoms with Crippen LogP contribution in [0.1, 0.15) is 38.3 Å². The van der Waals surface area contributed by atoms with Crippen LogP contribution in [0.3, 0.4) is 0 Å². The summed E-state index contributed by atoms with van der Waals surface area (Å²) in [6.45, 7) is 0.217. The lowest BCUT2D eigenvalue weighted by atomic mass is 9.89. The van der Waals surface area contributed by atoms with Crippen molar-refractivity contribution in [2.75, 3.05) is 18.9 Å². The van der Waals surface area contributed by atoms with E-state index in [1.807, 2.05) is 0 Å². The number of aromatic nitrogens is 4. The molecule has 0 amide bonds. The molecule has 0 bridgehead atoms. The van der Waals surface area contributed by atoms with Gasteiger partial charge in [0.15, 0.2) is 17.7 Å². The zero-order valence-corrected chi connectivity index (χ0v) is 15.4. The number of ether oxygens (including phenoxy) is 1. The standard InChI is InChI=1S/C17H25N7O4/c18-14-11-15(22-17(21-14)23-20-6-9-4-2-1-3-5-9)24(8-19-11)16-13(27)12(26)10(7-25)28-16/h8-10,12-13,16,25-27H,1-7H2,(H2,18,21,22)/t10-,12?,13?,16-/m1/s1. The first kappa shape index (κ1) is 19.1. The number of hydrogen-bond acceptors (Lipinski definition) is 10. The molecule has 2 aromatic rings. The van der Waals surface area contributed by atoms with Gasteiger partial charge in [-0.25, -0.2) is 4.98 Å². The van der Waals surface area contributed by atoms with Crippen molar-refractivity contribution < 1.29 is 20.1 Å². The largest absolute Gasteiger partial charge is 0.394 e. The van der Waals surface area contributed by atoms with Crippen molar-refractivity contribution in [2.45, 2.75) is 56.6 Å². The maximum absolute atomic E-state index is 10.3. The minimum Gasteiger partial charge on any atom is -0.394 e. The first-order chi connectivity index (χ1) is 13.6. The molecule has 2 aliphatic rings. The lowest BCUT2D eigenvalue weighted by Crippen LogP contribution is -2.33. The van der Waals surface area contributed by atoms with Gasteiger partial charge >= 0.3 is 0 Å². The Hall–Kier alpha value is -2.21. The zero-order chi connectivity index (χ0) is 19.7. The van der Waals surface area contributed by atoms with Gasteiger partial charge in [0.2, 0.25) is 0 Å². The van der Waals surface area contributed by atoms with Crippen molar-refractivity contribution in [3.63, 3.8) is 0 Å². The van der Waals surface area contributed by atoms with Crippen LogP contribution in [0.15, 0.2) is 16.6 Å². The molecule has 0 spiro atoms. The number of fused-ring (bicyclic) bond motifs is 1. The Morgan fingerprint density at radius 2 is 1.96 bits per heavy atom. The van der Waals surface area contributed by atoms with Crippen LogP contribution in [-0.2, 0) is 4.74 Å². The molecule has 4 rings (SSSR count). The predicted octanol–water partition coefficient (Wildman–Crippen LogP) is 0.684. The average molecular weight is 391 g/mol. The number of imidazole rings is 1. The summed E-state index contributed by atoms with van der Waals surface area (Å²) in [7, 11) is 0. The van der Waals surface area contributed by atoms with E-state index >= 15 is 0 Å². The molecule has 0 radical (unpaired) electrons. The molecular weight excluding hydrogens is 366 g/mol. The van der Waals surface area contributed by atoms with Crippen molar-refractivity contribution in [1.82, 2.24) is 19.5 Å². The number of nitrogen functional groups attached to an aromatic ring is 1. The highest BCUT2D eigenvalue weighted by atomic mass is 16.6. The molecule has 3 heterocycles. The number of rotatable bonds is 5. The quantitative estimate of drug-likeness (QED) is 0.540. The molecular formula is C17H25N7O4. The van der Waals surface area contributed by atoms with Crippen LogP contribution < -0.4 is 5.73 Å². The van der Waals surface area contributed by atoms with Gasteiger partial charge in [-0.2, -0.15) is 15.1 Å². The fourth-order valence-corrected chi connectivity index (χ4v) is 3.86. The van der Waals surface area contributed by atoms with Gasteiger partial charge in [-0.15, -0.1) is 5.11 Å². The number of hydrogen-bond donors (Lipinski definition) is 4. The van der Waals surface area contributed by atoms with E-state index in [2.05, 4.69) is 25.2 Å². The number of nitrogens with zero attached hydrogens (tertiary/aromatic N) is 6. The molecule has 0 aromatic carbocycles. The monoisotopic (exact) mass is 391 g/mol. The van der Waals surface area contributed by atoms with Crippen molar-refractivity contribution in [2.24, 2.45) is 16.1 Å². The van der Waals surface area contributed by atoms with Gasteiger partial charge in [-0.3, -0.25) is 4.57 Å². The van der Waals surface area contributed by atoms with E-state index in [1.54, 1.807) is 0 Å². The van der Waals surface area contributed by atoms with E-state index in [1.165, 1.54) is 43.0 Å². The Labute approximate surface area is 161 Å². The molecule has 11 nitrogen and oxygen atoms in total. The second-order valence-electron chi connectivity index (χ2n) is 7.39. The van der Waals surface area contributed by atoms with E-state index in [0.717, 1.165) is 0 Å². The third-order valence-corrected chi connectivity index (χ3v) is 5.45. The smallest absolute Gasteiger partial charge is 0.272 e. The molecule has 1 aliphatic heterocycles. The second kappa shape index (κ2) is 8.03. The topological polar surface area (TPSA) is 164 Å². The van der Waals surface area contributed by atoms with Crippen molar-refractivity contribution in [3.8, 4) is 0 Å². The SMILES string of the molecule is Nc1nc(N=NCC2CCCCC2)nc2c1ncn2[C@@H]1O[C@H](CO)C(O)C1O. The molecule has 28 heavy (non-hydrogen) atoms. The Morgan fingerprint density at radius 1 is 1.18 bits per heavy atom. The summed E-state index contributed by atoms with van der Waals surface area (Å²) in [5.41, 5.74) is 6.63. The summed E-state index contributed by atoms with van der Waals surface area (Å²) in [6.07, 6.45) is 3.16. The number of azo groups is 1. The molecule has 1 saturated carbocycles. The lowest BCUT2D eigenvalue weighted by Gasteiger charge is -2.18. The van der Waals surface area contributed by atoms with Gasteiger partial charge in [-0.05, 0) is 18.8 Å². The molecule has 1 saturated heterocycles. The van der Waals surface area contributed by atoms with Crippen LogP contribution in [0, 0.1) is 5.92 Å². The molecule has 1 aliphatic carbocycles. The lowest BCUT2D eigenvalue weighted by molar-refractivity contribution is -0.0511. The normalized spacial score (nSPS) is 29.2. The first-order valence-electron chi connectivity index (χ1n) is 9.58. The van der Waals surface area contributed by atoms with Crippen LogP contribution in [0.5, 0.6) is 0 Å². The number of anilines is 1. The van der Waals surface area contributed by atoms with E-state index in [0.29, 0.717) is 23.6 Å². The minimum atomic E-state index is -1.25. The van der Waals surface area contributed by atoms with Crippen LogP contribution in [0.4, 0.5) is 11.8 Å². The summed E-state index contributed by atoms with van der Waals surface area (Å²) in [5, 5.41) is 37.9. The van der Waals surface area contributed by atoms with E-state index < -0.39 is 31.1 Å². The van der Waals surface area contributed by atoms with Gasteiger partial charge in [0.25, 0.3) is 5.95 Å². The maximum Gasteiger partial charge on any atom is 0.272 e. The van der Waals surface area contributed by atoms with Gasteiger partial charge < -0.3 is 25.8 Å². The fraction of sp³-hybridized carbons (Fsp3) is 0.706. The number of aliphatic hydroxyl groups excluding tert-OH is 3. The molecule has 152 valence electrons. The first-order valence-corrected chi connectivity index (χ1v) is 9.58. The van der Waals surface area contributed by atoms with Gasteiger partial charge in [0.05, 0.1) is 19.5 Å². The van der Waals surface area contributed by atoms with Gasteiger partial charge in [-0.1, -0.05) is 19.3 Å². The van der Waals surface area contributed by atoms with Gasteiger partial charge in [0, 0.05) is 0 Å².